The van der Waals surface area contributed by atoms with Crippen LogP contribution < -0.4 is 0 Å². The first-order valence-electron chi connectivity index (χ1n) is 6.74. The van der Waals surface area contributed by atoms with E-state index in [-0.39, 0.29) is 5.97 Å². The van der Waals surface area contributed by atoms with Gasteiger partial charge in [-0.1, -0.05) is 42.1 Å². The van der Waals surface area contributed by atoms with E-state index in [0.29, 0.717) is 10.6 Å². The fraction of sp³-hybridized carbons (Fsp3) is 0.235. The molecule has 4 nitrogen and oxygen atoms in total. The number of hydrogen-bond donors (Lipinski definition) is 0. The van der Waals surface area contributed by atoms with Crippen molar-refractivity contribution in [3.63, 3.8) is 0 Å². The Morgan fingerprint density at radius 3 is 2.59 bits per heavy atom. The lowest BCUT2D eigenvalue weighted by atomic mass is 10.1. The van der Waals surface area contributed by atoms with Gasteiger partial charge in [0.1, 0.15) is 16.3 Å². The van der Waals surface area contributed by atoms with Crippen molar-refractivity contribution in [1.82, 2.24) is 4.98 Å². The Balaban J connectivity index is 2.45. The molecule has 1 aromatic heterocycles. The first-order valence-corrected chi connectivity index (χ1v) is 7.62. The highest BCUT2D eigenvalue weighted by Crippen LogP contribution is 2.37. The number of hydrogen-bond acceptors (Lipinski definition) is 5. The van der Waals surface area contributed by atoms with Crippen LogP contribution >= 0.6 is 11.8 Å². The average Bonchev–Trinajstić information content (AvgIpc) is 2.52. The molecule has 1 aromatic carbocycles. The Morgan fingerprint density at radius 2 is 2.00 bits per heavy atom. The number of carbonyl (C=O) groups excluding carboxylic acids is 1. The third-order valence-electron chi connectivity index (χ3n) is 3.17. The first-order chi connectivity index (χ1) is 10.6. The number of pyridine rings is 1. The van der Waals surface area contributed by atoms with Crippen LogP contribution in [0.5, 0.6) is 0 Å². The van der Waals surface area contributed by atoms with Gasteiger partial charge in [0.05, 0.1) is 12.7 Å². The molecule has 0 saturated heterocycles. The van der Waals surface area contributed by atoms with E-state index in [2.05, 4.69) is 11.1 Å². The van der Waals surface area contributed by atoms with E-state index < -0.39 is 5.25 Å². The molecule has 0 bridgehead atoms. The summed E-state index contributed by atoms with van der Waals surface area (Å²) in [6.45, 7) is 3.74. The molecule has 22 heavy (non-hydrogen) atoms. The zero-order valence-corrected chi connectivity index (χ0v) is 13.5. The van der Waals surface area contributed by atoms with Crippen LogP contribution in [-0.4, -0.2) is 18.1 Å². The molecule has 1 atom stereocenters. The van der Waals surface area contributed by atoms with E-state index in [0.717, 1.165) is 16.8 Å². The maximum Gasteiger partial charge on any atom is 0.323 e. The molecule has 5 heteroatoms. The summed E-state index contributed by atoms with van der Waals surface area (Å²) in [6, 6.07) is 13.4. The van der Waals surface area contributed by atoms with Gasteiger partial charge < -0.3 is 4.74 Å². The van der Waals surface area contributed by atoms with E-state index in [1.807, 2.05) is 50.2 Å². The van der Waals surface area contributed by atoms with Crippen LogP contribution in [0, 0.1) is 25.2 Å². The van der Waals surface area contributed by atoms with Crippen LogP contribution in [0.2, 0.25) is 0 Å². The molecule has 2 rings (SSSR count). The van der Waals surface area contributed by atoms with Gasteiger partial charge >= 0.3 is 5.97 Å². The normalized spacial score (nSPS) is 11.5. The minimum atomic E-state index is -0.549. The summed E-state index contributed by atoms with van der Waals surface area (Å²) in [5, 5.41) is 9.36. The summed E-state index contributed by atoms with van der Waals surface area (Å²) in [7, 11) is 1.36. The van der Waals surface area contributed by atoms with Gasteiger partial charge in [-0.05, 0) is 31.0 Å². The van der Waals surface area contributed by atoms with Crippen LogP contribution in [0.15, 0.2) is 41.4 Å². The number of aryl methyl sites for hydroxylation is 2. The summed E-state index contributed by atoms with van der Waals surface area (Å²) in [6.07, 6.45) is 0. The van der Waals surface area contributed by atoms with Gasteiger partial charge in [0, 0.05) is 5.69 Å². The Hall–Kier alpha value is -2.32. The maximum absolute atomic E-state index is 12.1. The number of benzene rings is 1. The van der Waals surface area contributed by atoms with Crippen molar-refractivity contribution >= 4 is 17.7 Å². The predicted octanol–water partition coefficient (Wildman–Crippen LogP) is 3.58. The number of ether oxygens (including phenoxy) is 1. The third-order valence-corrected chi connectivity index (χ3v) is 4.39. The lowest BCUT2D eigenvalue weighted by molar-refractivity contribution is -0.140. The molecule has 0 aliphatic rings. The number of carbonyl (C=O) groups is 1. The molecule has 0 saturated carbocycles. The second kappa shape index (κ2) is 7.10. The molecular formula is C17H16N2O2S. The topological polar surface area (TPSA) is 63.0 Å². The highest BCUT2D eigenvalue weighted by molar-refractivity contribution is 8.00. The van der Waals surface area contributed by atoms with Gasteiger partial charge in [0.25, 0.3) is 0 Å². The molecule has 0 fully saturated rings. The van der Waals surface area contributed by atoms with E-state index in [1.165, 1.54) is 18.9 Å². The average molecular weight is 312 g/mol. The molecule has 0 N–H and O–H groups in total. The molecule has 2 aromatic rings. The number of nitriles is 1. The number of rotatable bonds is 4. The quantitative estimate of drug-likeness (QED) is 0.638. The fourth-order valence-corrected chi connectivity index (χ4v) is 3.35. The molecule has 1 heterocycles. The highest BCUT2D eigenvalue weighted by Gasteiger charge is 2.25. The fourth-order valence-electron chi connectivity index (χ4n) is 2.12. The number of nitrogens with zero attached hydrogens (tertiary/aromatic N) is 2. The number of thioether (sulfide) groups is 1. The first kappa shape index (κ1) is 16.1. The molecule has 0 aliphatic carbocycles. The minimum absolute atomic E-state index is 0.360. The monoisotopic (exact) mass is 312 g/mol. The molecule has 0 radical (unpaired) electrons. The summed E-state index contributed by atoms with van der Waals surface area (Å²) in [5.41, 5.74) is 2.99. The Morgan fingerprint density at radius 1 is 1.32 bits per heavy atom. The van der Waals surface area contributed by atoms with Crippen molar-refractivity contribution in [1.29, 1.82) is 5.26 Å². The Bertz CT molecular complexity index is 723. The Kier molecular flexibility index (Phi) is 5.18. The zero-order valence-electron chi connectivity index (χ0n) is 12.7. The summed E-state index contributed by atoms with van der Waals surface area (Å²) in [4.78, 5) is 16.6. The van der Waals surface area contributed by atoms with Gasteiger partial charge in [-0.3, -0.25) is 4.79 Å². The molecule has 0 unspecified atom stereocenters. The molecule has 112 valence electrons. The largest absolute Gasteiger partial charge is 0.468 e. The minimum Gasteiger partial charge on any atom is -0.468 e. The summed E-state index contributed by atoms with van der Waals surface area (Å²) >= 11 is 1.25. The third kappa shape index (κ3) is 3.46. The summed E-state index contributed by atoms with van der Waals surface area (Å²) in [5.74, 6) is -0.360. The lowest BCUT2D eigenvalue weighted by Crippen LogP contribution is -2.12. The Labute approximate surface area is 134 Å². The second-order valence-corrected chi connectivity index (χ2v) is 5.90. The van der Waals surface area contributed by atoms with E-state index in [4.69, 9.17) is 4.74 Å². The van der Waals surface area contributed by atoms with Gasteiger partial charge in [0.15, 0.2) is 0 Å². The molecule has 0 spiro atoms. The second-order valence-electron chi connectivity index (χ2n) is 4.80. The van der Waals surface area contributed by atoms with Crippen LogP contribution in [0.1, 0.15) is 27.6 Å². The molecule has 0 aliphatic heterocycles. The highest BCUT2D eigenvalue weighted by atomic mass is 32.2. The van der Waals surface area contributed by atoms with Crippen LogP contribution in [-0.2, 0) is 9.53 Å². The zero-order chi connectivity index (χ0) is 16.1. The van der Waals surface area contributed by atoms with Gasteiger partial charge in [-0.15, -0.1) is 0 Å². The van der Waals surface area contributed by atoms with Crippen molar-refractivity contribution in [2.24, 2.45) is 0 Å². The van der Waals surface area contributed by atoms with Crippen molar-refractivity contribution in [2.75, 3.05) is 7.11 Å². The maximum atomic E-state index is 12.1. The van der Waals surface area contributed by atoms with Gasteiger partial charge in [0.2, 0.25) is 0 Å². The molecule has 0 amide bonds. The number of methoxy groups -OCH3 is 1. The summed E-state index contributed by atoms with van der Waals surface area (Å²) < 4.78 is 4.90. The van der Waals surface area contributed by atoms with E-state index in [1.54, 1.807) is 0 Å². The van der Waals surface area contributed by atoms with E-state index >= 15 is 0 Å². The number of aromatic nitrogens is 1. The smallest absolute Gasteiger partial charge is 0.323 e. The van der Waals surface area contributed by atoms with Crippen LogP contribution in [0.4, 0.5) is 0 Å². The standard InChI is InChI=1S/C17H16N2O2S/c1-11-9-12(2)19-16(14(11)10-18)22-15(17(20)21-3)13-7-5-4-6-8-13/h4-9,15H,1-3H3/t15-/m1/s1. The van der Waals surface area contributed by atoms with Crippen molar-refractivity contribution < 1.29 is 9.53 Å². The van der Waals surface area contributed by atoms with Crippen LogP contribution in [0.25, 0.3) is 0 Å². The van der Waals surface area contributed by atoms with Crippen molar-refractivity contribution in [3.8, 4) is 6.07 Å². The SMILES string of the molecule is COC(=O)[C@H](Sc1nc(C)cc(C)c1C#N)c1ccccc1. The van der Waals surface area contributed by atoms with E-state index in [9.17, 15) is 10.1 Å². The number of esters is 1. The predicted molar refractivity (Wildman–Crippen MR) is 85.5 cm³/mol. The lowest BCUT2D eigenvalue weighted by Gasteiger charge is -2.15. The molecular weight excluding hydrogens is 296 g/mol. The van der Waals surface area contributed by atoms with Crippen molar-refractivity contribution in [3.05, 3.63) is 58.8 Å². The van der Waals surface area contributed by atoms with Gasteiger partial charge in [-0.2, -0.15) is 5.26 Å². The van der Waals surface area contributed by atoms with Gasteiger partial charge in [-0.25, -0.2) is 4.98 Å². The van der Waals surface area contributed by atoms with Crippen LogP contribution in [0.3, 0.4) is 0 Å². The van der Waals surface area contributed by atoms with Crippen molar-refractivity contribution in [2.45, 2.75) is 24.1 Å².